The van der Waals surface area contributed by atoms with Crippen LogP contribution in [0.25, 0.3) is 11.0 Å². The molecule has 1 saturated carbocycles. The zero-order valence-corrected chi connectivity index (χ0v) is 27.4. The van der Waals surface area contributed by atoms with Gasteiger partial charge >= 0.3 is 0 Å². The van der Waals surface area contributed by atoms with Crippen molar-refractivity contribution in [3.8, 4) is 0 Å². The monoisotopic (exact) mass is 673 g/mol. The van der Waals surface area contributed by atoms with E-state index in [1.807, 2.05) is 30.3 Å². The molecule has 9 rings (SSSR count). The number of hydrogen-bond acceptors (Lipinski definition) is 5. The van der Waals surface area contributed by atoms with Crippen LogP contribution in [0.5, 0.6) is 0 Å². The number of benzene rings is 3. The molecule has 2 amide bonds. The highest BCUT2D eigenvalue weighted by Gasteiger charge is 2.69. The Morgan fingerprint density at radius 1 is 1.13 bits per heavy atom. The van der Waals surface area contributed by atoms with Crippen LogP contribution in [0.2, 0.25) is 10.0 Å². The number of halogens is 3. The third-order valence-electron chi connectivity index (χ3n) is 11.1. The molecule has 5 aliphatic rings. The van der Waals surface area contributed by atoms with Gasteiger partial charge in [-0.1, -0.05) is 48.3 Å². The summed E-state index contributed by atoms with van der Waals surface area (Å²) in [5.74, 6) is -0.543. The van der Waals surface area contributed by atoms with Crippen molar-refractivity contribution in [1.82, 2.24) is 19.8 Å². The van der Waals surface area contributed by atoms with E-state index in [4.69, 9.17) is 32.9 Å². The molecule has 11 heteroatoms. The molecule has 2 N–H and O–H groups in total. The number of likely N-dealkylation sites (tertiary alicyclic amines) is 1. The molecule has 242 valence electrons. The molecule has 1 aliphatic carbocycles. The first kappa shape index (κ1) is 29.6. The van der Waals surface area contributed by atoms with Crippen LogP contribution < -0.4 is 10.6 Å². The number of anilines is 1. The maximum Gasteiger partial charge on any atom is 0.251 e. The van der Waals surface area contributed by atoms with Crippen LogP contribution in [0.3, 0.4) is 0 Å². The van der Waals surface area contributed by atoms with E-state index >= 15 is 4.39 Å². The van der Waals surface area contributed by atoms with Gasteiger partial charge in [0.05, 0.1) is 29.3 Å². The minimum atomic E-state index is -1.19. The van der Waals surface area contributed by atoms with Crippen LogP contribution in [0.1, 0.15) is 65.3 Å². The highest BCUT2D eigenvalue weighted by atomic mass is 35.5. The van der Waals surface area contributed by atoms with Crippen LogP contribution in [0.4, 0.5) is 10.1 Å². The van der Waals surface area contributed by atoms with E-state index in [1.165, 1.54) is 0 Å². The van der Waals surface area contributed by atoms with Gasteiger partial charge in [-0.2, -0.15) is 0 Å². The second-order valence-electron chi connectivity index (χ2n) is 14.3. The Bertz CT molecular complexity index is 1990. The van der Waals surface area contributed by atoms with Crippen LogP contribution >= 0.6 is 23.2 Å². The normalized spacial score (nSPS) is 27.3. The van der Waals surface area contributed by atoms with E-state index < -0.39 is 17.3 Å². The van der Waals surface area contributed by atoms with Crippen LogP contribution in [-0.2, 0) is 21.6 Å². The summed E-state index contributed by atoms with van der Waals surface area (Å²) in [6.45, 7) is 5.31. The number of nitrogens with one attached hydrogen (secondary N) is 2. The molecule has 8 nitrogen and oxygen atoms in total. The van der Waals surface area contributed by atoms with Crippen molar-refractivity contribution in [2.75, 3.05) is 31.6 Å². The molecule has 0 unspecified atom stereocenters. The number of carbonyl (C=O) groups excluding carboxylic acids is 2. The fourth-order valence-electron chi connectivity index (χ4n) is 8.68. The van der Waals surface area contributed by atoms with Gasteiger partial charge in [0, 0.05) is 64.8 Å². The summed E-state index contributed by atoms with van der Waals surface area (Å²) in [5, 5.41) is 6.74. The Kier molecular flexibility index (Phi) is 6.62. The summed E-state index contributed by atoms with van der Waals surface area (Å²) in [4.78, 5) is 35.4. The number of fused-ring (bicyclic) bond motifs is 7. The average Bonchev–Trinajstić information content (AvgIpc) is 3.63. The van der Waals surface area contributed by atoms with E-state index in [2.05, 4.69) is 27.0 Å². The smallest absolute Gasteiger partial charge is 0.251 e. The summed E-state index contributed by atoms with van der Waals surface area (Å²) in [5.41, 5.74) is 2.77. The Hall–Kier alpha value is -3.50. The number of hydrogen-bond donors (Lipinski definition) is 2. The SMILES string of the molecule is CC1(CNC(=O)c2ccc3c(c2)nc2n3CC[C@H]3[C@@H]2[C@H](c2cccc(Cl)c2F)[C@]2(C(=O)Nc4cc(Cl)ccc42)N3CC2CC2)COC1. The standard InChI is InChI=1S/C36H34Cl2FN5O3/c1-35(17-47-18-35)16-40-33(45)20-7-10-27-26(13-20)41-32-29-28(11-12-43(27)32)44(15-19-5-6-19)36(30(29)22-3-2-4-24(38)31(22)39)23-9-8-21(37)14-25(23)42-34(36)46/h2-4,7-10,13-14,19,28-30H,5-6,11-12,15-18H2,1H3,(H,40,45)(H,42,46)/t28-,29+,30-,36+/m0/s1. The van der Waals surface area contributed by atoms with Crippen molar-refractivity contribution in [3.05, 3.63) is 93.0 Å². The van der Waals surface area contributed by atoms with Crippen molar-refractivity contribution in [1.29, 1.82) is 0 Å². The first-order valence-electron chi connectivity index (χ1n) is 16.4. The molecule has 1 aromatic heterocycles. The van der Waals surface area contributed by atoms with Crippen molar-refractivity contribution < 1.29 is 18.7 Å². The van der Waals surface area contributed by atoms with Gasteiger partial charge in [-0.15, -0.1) is 0 Å². The molecule has 4 aromatic rings. The quantitative estimate of drug-likeness (QED) is 0.245. The molecule has 4 aliphatic heterocycles. The fraction of sp³-hybridized carbons (Fsp3) is 0.417. The van der Waals surface area contributed by atoms with Crippen molar-refractivity contribution in [2.24, 2.45) is 11.3 Å². The zero-order chi connectivity index (χ0) is 32.2. The van der Waals surface area contributed by atoms with Gasteiger partial charge in [0.2, 0.25) is 5.91 Å². The maximum absolute atomic E-state index is 16.3. The molecule has 0 radical (unpaired) electrons. The maximum atomic E-state index is 16.3. The fourth-order valence-corrected chi connectivity index (χ4v) is 9.04. The number of aryl methyl sites for hydroxylation is 1. The predicted molar refractivity (Wildman–Crippen MR) is 177 cm³/mol. The van der Waals surface area contributed by atoms with E-state index in [0.717, 1.165) is 42.7 Å². The molecule has 5 heterocycles. The molecule has 3 fully saturated rings. The van der Waals surface area contributed by atoms with Gasteiger partial charge in [-0.05, 0) is 67.1 Å². The summed E-state index contributed by atoms with van der Waals surface area (Å²) >= 11 is 12.9. The van der Waals surface area contributed by atoms with Crippen molar-refractivity contribution >= 4 is 51.7 Å². The highest BCUT2D eigenvalue weighted by molar-refractivity contribution is 6.31. The first-order valence-corrected chi connectivity index (χ1v) is 17.1. The molecule has 47 heavy (non-hydrogen) atoms. The number of imidazole rings is 1. The van der Waals surface area contributed by atoms with Crippen molar-refractivity contribution in [2.45, 2.75) is 56.1 Å². The van der Waals surface area contributed by atoms with E-state index in [-0.39, 0.29) is 34.2 Å². The molecule has 2 saturated heterocycles. The second-order valence-corrected chi connectivity index (χ2v) is 15.2. The van der Waals surface area contributed by atoms with Gasteiger partial charge in [-0.3, -0.25) is 14.5 Å². The Morgan fingerprint density at radius 2 is 1.96 bits per heavy atom. The average molecular weight is 675 g/mol. The van der Waals surface area contributed by atoms with Crippen LogP contribution in [-0.4, -0.2) is 58.6 Å². The highest BCUT2D eigenvalue weighted by Crippen LogP contribution is 2.64. The molecule has 4 atom stereocenters. The Morgan fingerprint density at radius 3 is 2.72 bits per heavy atom. The Balaban J connectivity index is 1.21. The van der Waals surface area contributed by atoms with E-state index in [0.29, 0.717) is 59.6 Å². The molecular weight excluding hydrogens is 640 g/mol. The lowest BCUT2D eigenvalue weighted by Gasteiger charge is -2.40. The van der Waals surface area contributed by atoms with Crippen LogP contribution in [0.15, 0.2) is 54.6 Å². The van der Waals surface area contributed by atoms with Gasteiger partial charge < -0.3 is 19.9 Å². The first-order chi connectivity index (χ1) is 22.7. The molecule has 1 spiro atoms. The predicted octanol–water partition coefficient (Wildman–Crippen LogP) is 6.46. The Labute approximate surface area is 281 Å². The number of rotatable bonds is 6. The van der Waals surface area contributed by atoms with Gasteiger partial charge in [-0.25, -0.2) is 9.37 Å². The third kappa shape index (κ3) is 4.36. The molecule has 0 bridgehead atoms. The van der Waals surface area contributed by atoms with E-state index in [9.17, 15) is 9.59 Å². The number of nitrogens with zero attached hydrogens (tertiary/aromatic N) is 3. The second kappa shape index (κ2) is 10.5. The summed E-state index contributed by atoms with van der Waals surface area (Å²) < 4.78 is 23.9. The minimum Gasteiger partial charge on any atom is -0.380 e. The summed E-state index contributed by atoms with van der Waals surface area (Å²) in [7, 11) is 0. The lowest BCUT2D eigenvalue weighted by atomic mass is 9.70. The summed E-state index contributed by atoms with van der Waals surface area (Å²) in [6.07, 6.45) is 2.96. The van der Waals surface area contributed by atoms with Gasteiger partial charge in [0.25, 0.3) is 5.91 Å². The van der Waals surface area contributed by atoms with Crippen molar-refractivity contribution in [3.63, 3.8) is 0 Å². The molecular formula is C36H34Cl2FN5O3. The third-order valence-corrected chi connectivity index (χ3v) is 11.6. The van der Waals surface area contributed by atoms with Gasteiger partial charge in [0.15, 0.2) is 0 Å². The number of carbonyl (C=O) groups is 2. The zero-order valence-electron chi connectivity index (χ0n) is 25.9. The molecule has 3 aromatic carbocycles. The van der Waals surface area contributed by atoms with E-state index in [1.54, 1.807) is 24.3 Å². The number of amides is 2. The number of aromatic nitrogens is 2. The van der Waals surface area contributed by atoms with Crippen LogP contribution in [0, 0.1) is 17.2 Å². The lowest BCUT2D eigenvalue weighted by molar-refractivity contribution is -0.128. The lowest BCUT2D eigenvalue weighted by Crippen LogP contribution is -2.53. The number of ether oxygens (including phenoxy) is 1. The topological polar surface area (TPSA) is 88.5 Å². The summed E-state index contributed by atoms with van der Waals surface area (Å²) in [6, 6.07) is 16.1. The minimum absolute atomic E-state index is 0.0202. The van der Waals surface area contributed by atoms with Gasteiger partial charge in [0.1, 0.15) is 17.2 Å². The largest absolute Gasteiger partial charge is 0.380 e.